The molecule has 6 heteroatoms. The highest BCUT2D eigenvalue weighted by molar-refractivity contribution is 7.98. The molecular formula is C13H17FN2O2S. The Morgan fingerprint density at radius 3 is 3.05 bits per heavy atom. The summed E-state index contributed by atoms with van der Waals surface area (Å²) in [6.07, 6.45) is 7.86. The van der Waals surface area contributed by atoms with E-state index >= 15 is 0 Å². The summed E-state index contributed by atoms with van der Waals surface area (Å²) in [6.45, 7) is 0.0308. The molecule has 1 amide bonds. The number of pyridine rings is 1. The first-order valence-electron chi connectivity index (χ1n) is 5.84. The van der Waals surface area contributed by atoms with Gasteiger partial charge in [-0.3, -0.25) is 9.78 Å². The predicted molar refractivity (Wildman–Crippen MR) is 75.2 cm³/mol. The zero-order valence-corrected chi connectivity index (χ0v) is 11.5. The molecule has 1 aromatic heterocycles. The number of carbonyl (C=O) groups is 1. The molecule has 2 N–H and O–H groups in total. The molecule has 0 aliphatic heterocycles. The van der Waals surface area contributed by atoms with Crippen molar-refractivity contribution in [3.63, 3.8) is 0 Å². The van der Waals surface area contributed by atoms with Gasteiger partial charge in [-0.1, -0.05) is 0 Å². The lowest BCUT2D eigenvalue weighted by molar-refractivity contribution is -0.117. The summed E-state index contributed by atoms with van der Waals surface area (Å²) in [6, 6.07) is 1.23. The monoisotopic (exact) mass is 284 g/mol. The number of halogens is 1. The summed E-state index contributed by atoms with van der Waals surface area (Å²) in [7, 11) is 0. The van der Waals surface area contributed by atoms with Crippen LogP contribution >= 0.6 is 11.8 Å². The van der Waals surface area contributed by atoms with Gasteiger partial charge in [0.2, 0.25) is 5.91 Å². The number of aliphatic hydroxyl groups is 1. The molecule has 1 aromatic rings. The van der Waals surface area contributed by atoms with Crippen molar-refractivity contribution in [2.75, 3.05) is 18.6 Å². The van der Waals surface area contributed by atoms with E-state index in [1.165, 1.54) is 24.4 Å². The van der Waals surface area contributed by atoms with Crippen molar-refractivity contribution in [3.8, 4) is 0 Å². The molecule has 0 saturated heterocycles. The van der Waals surface area contributed by atoms with E-state index in [1.54, 1.807) is 11.8 Å². The molecule has 1 rings (SSSR count). The SMILES string of the molecule is CSCC(CCO)NC(=O)/C=C/c1cncc(F)c1. The summed E-state index contributed by atoms with van der Waals surface area (Å²) in [5.74, 6) is 0.0293. The Hall–Kier alpha value is -1.40. The summed E-state index contributed by atoms with van der Waals surface area (Å²) < 4.78 is 12.9. The maximum Gasteiger partial charge on any atom is 0.244 e. The molecule has 4 nitrogen and oxygen atoms in total. The standard InChI is InChI=1S/C13H17FN2O2S/c1-19-9-12(4-5-17)16-13(18)3-2-10-6-11(14)8-15-7-10/h2-3,6-8,12,17H,4-5,9H2,1H3,(H,16,18)/b3-2+. The highest BCUT2D eigenvalue weighted by Gasteiger charge is 2.09. The molecule has 0 radical (unpaired) electrons. The molecule has 0 fully saturated rings. The number of aliphatic hydroxyl groups excluding tert-OH is 1. The van der Waals surface area contributed by atoms with E-state index in [1.807, 2.05) is 6.26 Å². The van der Waals surface area contributed by atoms with E-state index in [-0.39, 0.29) is 18.6 Å². The second-order valence-corrected chi connectivity index (χ2v) is 4.85. The Morgan fingerprint density at radius 2 is 2.42 bits per heavy atom. The smallest absolute Gasteiger partial charge is 0.244 e. The first-order chi connectivity index (χ1) is 9.15. The molecule has 0 aromatic carbocycles. The van der Waals surface area contributed by atoms with E-state index in [0.717, 1.165) is 11.9 Å². The van der Waals surface area contributed by atoms with E-state index in [2.05, 4.69) is 10.3 Å². The average Bonchev–Trinajstić information content (AvgIpc) is 2.37. The number of hydrogen-bond donors (Lipinski definition) is 2. The third-order valence-electron chi connectivity index (χ3n) is 2.34. The van der Waals surface area contributed by atoms with E-state index in [0.29, 0.717) is 12.0 Å². The number of hydrogen-bond acceptors (Lipinski definition) is 4. The zero-order chi connectivity index (χ0) is 14.1. The molecule has 19 heavy (non-hydrogen) atoms. The maximum absolute atomic E-state index is 12.9. The molecule has 0 aliphatic carbocycles. The highest BCUT2D eigenvalue weighted by atomic mass is 32.2. The minimum Gasteiger partial charge on any atom is -0.396 e. The summed E-state index contributed by atoms with van der Waals surface area (Å²) in [5, 5.41) is 11.7. The van der Waals surface area contributed by atoms with Crippen molar-refractivity contribution >= 4 is 23.7 Å². The number of amides is 1. The third kappa shape index (κ3) is 6.35. The van der Waals surface area contributed by atoms with Gasteiger partial charge in [-0.2, -0.15) is 11.8 Å². The number of thioether (sulfide) groups is 1. The van der Waals surface area contributed by atoms with Crippen molar-refractivity contribution in [2.24, 2.45) is 0 Å². The lowest BCUT2D eigenvalue weighted by atomic mass is 10.2. The number of nitrogens with one attached hydrogen (secondary N) is 1. The van der Waals surface area contributed by atoms with E-state index in [4.69, 9.17) is 5.11 Å². The Bertz CT molecular complexity index is 434. The van der Waals surface area contributed by atoms with Gasteiger partial charge >= 0.3 is 0 Å². The van der Waals surface area contributed by atoms with E-state index in [9.17, 15) is 9.18 Å². The van der Waals surface area contributed by atoms with Gasteiger partial charge in [0.1, 0.15) is 5.82 Å². The Morgan fingerprint density at radius 1 is 1.63 bits per heavy atom. The largest absolute Gasteiger partial charge is 0.396 e. The lowest BCUT2D eigenvalue weighted by Crippen LogP contribution is -2.36. The number of carbonyl (C=O) groups excluding carboxylic acids is 1. The fourth-order valence-electron chi connectivity index (χ4n) is 1.49. The number of rotatable bonds is 7. The van der Waals surface area contributed by atoms with Crippen LogP contribution in [0.3, 0.4) is 0 Å². The maximum atomic E-state index is 12.9. The van der Waals surface area contributed by atoms with Crippen LogP contribution in [0, 0.1) is 5.82 Å². The number of nitrogens with zero attached hydrogens (tertiary/aromatic N) is 1. The minimum absolute atomic E-state index is 0.0308. The molecule has 104 valence electrons. The zero-order valence-electron chi connectivity index (χ0n) is 10.7. The van der Waals surface area contributed by atoms with Crippen LogP contribution in [0.2, 0.25) is 0 Å². The van der Waals surface area contributed by atoms with Crippen LogP contribution in [0.15, 0.2) is 24.5 Å². The summed E-state index contributed by atoms with van der Waals surface area (Å²) in [5.41, 5.74) is 0.527. The molecule has 1 heterocycles. The van der Waals surface area contributed by atoms with Gasteiger partial charge in [-0.25, -0.2) is 4.39 Å². The molecule has 0 spiro atoms. The molecule has 1 atom stereocenters. The minimum atomic E-state index is -0.442. The fourth-order valence-corrected chi connectivity index (χ4v) is 2.15. The molecule has 0 bridgehead atoms. The first-order valence-corrected chi connectivity index (χ1v) is 7.24. The van der Waals surface area contributed by atoms with Crippen molar-refractivity contribution in [1.82, 2.24) is 10.3 Å². The normalized spacial score (nSPS) is 12.6. The van der Waals surface area contributed by atoms with Crippen LogP contribution in [-0.4, -0.2) is 40.7 Å². The van der Waals surface area contributed by atoms with Gasteiger partial charge in [-0.05, 0) is 30.4 Å². The van der Waals surface area contributed by atoms with Gasteiger partial charge in [0.15, 0.2) is 0 Å². The second kappa shape index (κ2) is 8.66. The Balaban J connectivity index is 2.53. The van der Waals surface area contributed by atoms with Crippen molar-refractivity contribution in [2.45, 2.75) is 12.5 Å². The molecule has 1 unspecified atom stereocenters. The first kappa shape index (κ1) is 15.7. The van der Waals surface area contributed by atoms with Crippen LogP contribution in [0.1, 0.15) is 12.0 Å². The second-order valence-electron chi connectivity index (χ2n) is 3.94. The highest BCUT2D eigenvalue weighted by Crippen LogP contribution is 2.04. The third-order valence-corrected chi connectivity index (χ3v) is 3.08. The van der Waals surface area contributed by atoms with Crippen LogP contribution in [0.4, 0.5) is 4.39 Å². The van der Waals surface area contributed by atoms with Gasteiger partial charge in [0.05, 0.1) is 6.20 Å². The Labute approximate surface area is 116 Å². The van der Waals surface area contributed by atoms with Crippen molar-refractivity contribution in [1.29, 1.82) is 0 Å². The van der Waals surface area contributed by atoms with Gasteiger partial charge < -0.3 is 10.4 Å². The van der Waals surface area contributed by atoms with Crippen LogP contribution in [-0.2, 0) is 4.79 Å². The van der Waals surface area contributed by atoms with Crippen LogP contribution < -0.4 is 5.32 Å². The van der Waals surface area contributed by atoms with Crippen molar-refractivity contribution in [3.05, 3.63) is 35.9 Å². The average molecular weight is 284 g/mol. The molecule has 0 aliphatic rings. The summed E-state index contributed by atoms with van der Waals surface area (Å²) >= 11 is 1.60. The predicted octanol–water partition coefficient (Wildman–Crippen LogP) is 1.46. The van der Waals surface area contributed by atoms with Gasteiger partial charge in [0.25, 0.3) is 0 Å². The fraction of sp³-hybridized carbons (Fsp3) is 0.385. The Kier molecular flexibility index (Phi) is 7.14. The quantitative estimate of drug-likeness (QED) is 0.744. The van der Waals surface area contributed by atoms with Crippen molar-refractivity contribution < 1.29 is 14.3 Å². The van der Waals surface area contributed by atoms with Crippen LogP contribution in [0.5, 0.6) is 0 Å². The topological polar surface area (TPSA) is 62.2 Å². The van der Waals surface area contributed by atoms with Gasteiger partial charge in [-0.15, -0.1) is 0 Å². The summed E-state index contributed by atoms with van der Waals surface area (Å²) in [4.78, 5) is 15.3. The molecular weight excluding hydrogens is 267 g/mol. The lowest BCUT2D eigenvalue weighted by Gasteiger charge is -2.15. The van der Waals surface area contributed by atoms with Crippen LogP contribution in [0.25, 0.3) is 6.08 Å². The number of aromatic nitrogens is 1. The van der Waals surface area contributed by atoms with Gasteiger partial charge in [0, 0.05) is 30.7 Å². The molecule has 0 saturated carbocycles. The van der Waals surface area contributed by atoms with E-state index < -0.39 is 5.82 Å².